The minimum absolute atomic E-state index is 0. The van der Waals surface area contributed by atoms with Crippen LogP contribution in [0.3, 0.4) is 0 Å². The van der Waals surface area contributed by atoms with E-state index in [2.05, 4.69) is 55.0 Å². The number of nitrogens with zero attached hydrogens (tertiary/aromatic N) is 4. The van der Waals surface area contributed by atoms with Crippen LogP contribution in [0.25, 0.3) is 41.0 Å². The van der Waals surface area contributed by atoms with Gasteiger partial charge in [-0.3, -0.25) is 9.59 Å². The van der Waals surface area contributed by atoms with Crippen LogP contribution in [0.2, 0.25) is 0 Å². The Kier molecular flexibility index (Phi) is 18.9. The maximum atomic E-state index is 13.6. The van der Waals surface area contributed by atoms with Crippen LogP contribution in [-0.2, 0) is 25.5 Å². The van der Waals surface area contributed by atoms with Gasteiger partial charge in [-0.1, -0.05) is 137 Å². The first-order valence-corrected chi connectivity index (χ1v) is 24.3. The molecule has 2 aliphatic heterocycles. The van der Waals surface area contributed by atoms with Crippen molar-refractivity contribution in [3.05, 3.63) is 95.4 Å². The van der Waals surface area contributed by atoms with Crippen LogP contribution in [0.4, 0.5) is 0 Å². The summed E-state index contributed by atoms with van der Waals surface area (Å²) in [5, 5.41) is 29.8. The zero-order valence-corrected chi connectivity index (χ0v) is 43.0. The van der Waals surface area contributed by atoms with Crippen molar-refractivity contribution in [1.82, 2.24) is 15.0 Å². The Morgan fingerprint density at radius 1 is 0.879 bits per heavy atom. The largest absolute Gasteiger partial charge is 2.00 e. The fourth-order valence-electron chi connectivity index (χ4n) is 10.4. The average Bonchev–Trinajstić information content (AvgIpc) is 4.02. The van der Waals surface area contributed by atoms with Crippen molar-refractivity contribution in [1.29, 1.82) is 0 Å². The Morgan fingerprint density at radius 3 is 2.23 bits per heavy atom. The molecule has 11 heteroatoms. The summed E-state index contributed by atoms with van der Waals surface area (Å²) in [6.45, 7) is 23.8. The quantitative estimate of drug-likeness (QED) is 0.0625. The Hall–Kier alpha value is -4.19. The molecule has 0 amide bonds. The maximum Gasteiger partial charge on any atom is 2.00 e. The maximum absolute atomic E-state index is 13.6. The number of hydrogen-bond donors (Lipinski definition) is 2. The molecular formula is C55H74MgN4O6-2. The van der Waals surface area contributed by atoms with E-state index in [9.17, 15) is 19.8 Å². The van der Waals surface area contributed by atoms with Gasteiger partial charge in [0.05, 0.1) is 7.11 Å². The third-order valence-electron chi connectivity index (χ3n) is 14.6. The summed E-state index contributed by atoms with van der Waals surface area (Å²) in [6.07, 6.45) is 21.5. The predicted octanol–water partition coefficient (Wildman–Crippen LogP) is 7.63. The van der Waals surface area contributed by atoms with Crippen LogP contribution in [-0.4, -0.2) is 71.6 Å². The van der Waals surface area contributed by atoms with Crippen LogP contribution >= 0.6 is 0 Å². The molecule has 3 aliphatic rings. The van der Waals surface area contributed by atoms with Crippen LogP contribution in [0, 0.1) is 56.3 Å². The number of ether oxygens (including phenoxy) is 2. The first kappa shape index (κ1) is 52.8. The van der Waals surface area contributed by atoms with Crippen molar-refractivity contribution in [2.45, 2.75) is 145 Å². The minimum atomic E-state index is -1.08. The predicted molar refractivity (Wildman–Crippen MR) is 267 cm³/mol. The topological polar surface area (TPSA) is 149 Å². The second-order valence-corrected chi connectivity index (χ2v) is 19.6. The van der Waals surface area contributed by atoms with Crippen molar-refractivity contribution in [2.75, 3.05) is 20.3 Å². The molecule has 10 nitrogen and oxygen atoms in total. The van der Waals surface area contributed by atoms with E-state index in [1.165, 1.54) is 31.9 Å². The fourth-order valence-corrected chi connectivity index (χ4v) is 10.4. The van der Waals surface area contributed by atoms with Gasteiger partial charge >= 0.3 is 35.0 Å². The third-order valence-corrected chi connectivity index (χ3v) is 14.6. The number of rotatable bonds is 21. The van der Waals surface area contributed by atoms with E-state index in [1.54, 1.807) is 0 Å². The molecule has 3 aromatic rings. The molecule has 1 fully saturated rings. The average molecular weight is 912 g/mol. The van der Waals surface area contributed by atoms with E-state index in [0.717, 1.165) is 106 Å². The molecule has 0 spiro atoms. The van der Waals surface area contributed by atoms with Gasteiger partial charge < -0.3 is 40.0 Å². The minimum Gasteiger partial charge on any atom is -0.681 e. The number of aliphatic hydroxyl groups is 2. The molecular weight excluding hydrogens is 837 g/mol. The number of aliphatic hydroxyl groups excluding tert-OH is 2. The van der Waals surface area contributed by atoms with Gasteiger partial charge in [0.2, 0.25) is 0 Å². The van der Waals surface area contributed by atoms with E-state index < -0.39 is 17.9 Å². The monoisotopic (exact) mass is 911 g/mol. The molecule has 1 unspecified atom stereocenters. The van der Waals surface area contributed by atoms with Gasteiger partial charge in [-0.05, 0) is 107 Å². The SMILES string of the molecule is C=Cc1c2[n-]c(c1C)/C=C1\[N-]C(C3=c4[n-]c(c(C)c4=C(O)[C@@H]3C(=O)OC)/C=c3\[n-]/c(c(C)c3CC)=C\2)[C@@H](CCC(=O)OC/C=C(/C)CCC[C@H](C)CCC[C@H](CO)CCCC(C)C)[C@@H]1C.[Mg+2]. The van der Waals surface area contributed by atoms with E-state index in [4.69, 9.17) is 29.7 Å². The van der Waals surface area contributed by atoms with Gasteiger partial charge in [-0.25, -0.2) is 0 Å². The number of aromatic nitrogens is 3. The first-order chi connectivity index (χ1) is 31.1. The molecule has 3 aromatic heterocycles. The number of carbonyl (C=O) groups is 2. The Labute approximate surface area is 409 Å². The van der Waals surface area contributed by atoms with E-state index in [0.29, 0.717) is 46.7 Å². The molecule has 2 N–H and O–H groups in total. The second-order valence-electron chi connectivity index (χ2n) is 19.6. The van der Waals surface area contributed by atoms with Crippen molar-refractivity contribution in [3.63, 3.8) is 0 Å². The summed E-state index contributed by atoms with van der Waals surface area (Å²) >= 11 is 0. The first-order valence-electron chi connectivity index (χ1n) is 24.3. The molecule has 5 heterocycles. The number of methoxy groups -OCH3 is 1. The third kappa shape index (κ3) is 11.7. The van der Waals surface area contributed by atoms with E-state index in [-0.39, 0.29) is 59.6 Å². The molecule has 1 aliphatic carbocycles. The molecule has 6 rings (SSSR count). The van der Waals surface area contributed by atoms with Gasteiger partial charge in [-0.15, -0.1) is 33.1 Å². The van der Waals surface area contributed by atoms with Gasteiger partial charge in [0.15, 0.2) is 0 Å². The summed E-state index contributed by atoms with van der Waals surface area (Å²) in [5.74, 6) is -0.625. The van der Waals surface area contributed by atoms with E-state index in [1.807, 2.05) is 44.2 Å². The Bertz CT molecular complexity index is 2530. The van der Waals surface area contributed by atoms with Crippen LogP contribution in [0.5, 0.6) is 0 Å². The van der Waals surface area contributed by atoms with Crippen molar-refractivity contribution >= 4 is 70.6 Å². The number of carbonyl (C=O) groups excluding carboxylic acids is 2. The molecule has 1 saturated heterocycles. The van der Waals surface area contributed by atoms with Gasteiger partial charge in [0, 0.05) is 18.2 Å². The molecule has 66 heavy (non-hydrogen) atoms. The molecule has 0 saturated carbocycles. The number of allylic oxidation sites excluding steroid dienone is 2. The van der Waals surface area contributed by atoms with Gasteiger partial charge in [0.1, 0.15) is 18.3 Å². The van der Waals surface area contributed by atoms with Crippen LogP contribution in [0.1, 0.15) is 157 Å². The normalized spacial score (nSPS) is 21.5. The van der Waals surface area contributed by atoms with E-state index >= 15 is 0 Å². The second kappa shape index (κ2) is 23.7. The van der Waals surface area contributed by atoms with Gasteiger partial charge in [0.25, 0.3) is 0 Å². The Morgan fingerprint density at radius 2 is 1.56 bits per heavy atom. The van der Waals surface area contributed by atoms with Crippen LogP contribution < -0.4 is 36.2 Å². The zero-order valence-electron chi connectivity index (χ0n) is 41.6. The standard InChI is InChI=1S/C55H74N4O6.Mg/c1-12-39-34(7)42-27-44-36(9)41(23-24-48(61)65-26-25-33(6)19-15-18-32(5)20-16-22-38(30-60)21-14-17-31(3)4)52(58-44)50-51(55(63)64-11)54(62)49-37(10)45(59-53(49)50)29-47-40(13-2)35(8)43(57-47)28-46(39)56-42;/h12,25,27-29,31-32,36,38,41,51-52,60,62H,1,13-24,26,30H2,2-11H3;/q-4;+2/b33-25-,43-28-,44-27-,47-29-;/t32-,36-,38+,41-,51+,52?;/m0./s1. The smallest absolute Gasteiger partial charge is 0.681 e. The molecule has 354 valence electrons. The number of hydrogen-bond acceptors (Lipinski definition) is 6. The number of esters is 2. The van der Waals surface area contributed by atoms with Crippen molar-refractivity contribution < 1.29 is 29.3 Å². The van der Waals surface area contributed by atoms with Crippen LogP contribution in [0.15, 0.2) is 23.9 Å². The zero-order chi connectivity index (χ0) is 47.1. The Balaban J connectivity index is 0.00000817. The van der Waals surface area contributed by atoms with Crippen molar-refractivity contribution in [3.8, 4) is 0 Å². The molecule has 8 bridgehead atoms. The molecule has 0 aromatic carbocycles. The molecule has 6 atom stereocenters. The molecule has 0 radical (unpaired) electrons. The van der Waals surface area contributed by atoms with Crippen molar-refractivity contribution in [2.24, 2.45) is 35.5 Å². The summed E-state index contributed by atoms with van der Waals surface area (Å²) in [6, 6.07) is -0.584. The summed E-state index contributed by atoms with van der Waals surface area (Å²) in [4.78, 5) is 42.4. The summed E-state index contributed by atoms with van der Waals surface area (Å²) in [7, 11) is 1.33. The number of fused-ring (bicyclic) bond motifs is 8. The fraction of sp³-hybridized carbons (Fsp3) is 0.564. The summed E-state index contributed by atoms with van der Waals surface area (Å²) in [5.41, 5.74) is 9.63. The summed E-state index contributed by atoms with van der Waals surface area (Å²) < 4.78 is 11.1. The van der Waals surface area contributed by atoms with Gasteiger partial charge in [-0.2, -0.15) is 5.70 Å².